The van der Waals surface area contributed by atoms with Gasteiger partial charge in [0.15, 0.2) is 0 Å². The Morgan fingerprint density at radius 2 is 1.88 bits per heavy atom. The fraction of sp³-hybridized carbons (Fsp3) is 0.562. The smallest absolute Gasteiger partial charge is 0.317 e. The van der Waals surface area contributed by atoms with E-state index in [1.807, 2.05) is 13.8 Å². The molecule has 0 bridgehead atoms. The van der Waals surface area contributed by atoms with Gasteiger partial charge >= 0.3 is 6.03 Å². The second-order valence-corrected chi connectivity index (χ2v) is 8.68. The maximum Gasteiger partial charge on any atom is 0.317 e. The van der Waals surface area contributed by atoms with E-state index in [0.29, 0.717) is 24.1 Å². The average Bonchev–Trinajstić information content (AvgIpc) is 3.14. The first-order valence-corrected chi connectivity index (χ1v) is 10.9. The molecule has 0 unspecified atom stereocenters. The Bertz CT molecular complexity index is 871. The van der Waals surface area contributed by atoms with Crippen LogP contribution in [0.15, 0.2) is 23.1 Å². The van der Waals surface area contributed by atoms with Crippen LogP contribution in [0.25, 0.3) is 11.0 Å². The Balaban J connectivity index is 1.69. The van der Waals surface area contributed by atoms with Crippen LogP contribution < -0.4 is 5.32 Å². The molecule has 2 aromatic rings. The second-order valence-electron chi connectivity index (χ2n) is 6.24. The molecule has 8 nitrogen and oxygen atoms in total. The molecule has 0 saturated carbocycles. The van der Waals surface area contributed by atoms with E-state index in [0.717, 1.165) is 24.6 Å². The van der Waals surface area contributed by atoms with Crippen molar-refractivity contribution in [3.05, 3.63) is 18.2 Å². The number of urea groups is 1. The van der Waals surface area contributed by atoms with Crippen LogP contribution >= 0.6 is 11.7 Å². The summed E-state index contributed by atoms with van der Waals surface area (Å²) in [6, 6.07) is 5.01. The van der Waals surface area contributed by atoms with Crippen LogP contribution in [0.3, 0.4) is 0 Å². The van der Waals surface area contributed by atoms with Crippen molar-refractivity contribution < 1.29 is 13.2 Å². The molecule has 10 heteroatoms. The van der Waals surface area contributed by atoms with Crippen molar-refractivity contribution >= 4 is 38.8 Å². The number of piperazine rings is 1. The number of carbonyl (C=O) groups is 1. The highest BCUT2D eigenvalue weighted by molar-refractivity contribution is 7.89. The van der Waals surface area contributed by atoms with Gasteiger partial charge in [-0.3, -0.25) is 0 Å². The molecule has 1 aromatic heterocycles. The Hall–Kier alpha value is -1.78. The number of nitrogens with zero attached hydrogens (tertiary/aromatic N) is 4. The molecule has 26 heavy (non-hydrogen) atoms. The van der Waals surface area contributed by atoms with E-state index < -0.39 is 10.0 Å². The number of rotatable bonds is 5. The fourth-order valence-electron chi connectivity index (χ4n) is 3.02. The Morgan fingerprint density at radius 3 is 2.54 bits per heavy atom. The minimum atomic E-state index is -3.66. The number of aromatic nitrogens is 2. The third-order valence-corrected chi connectivity index (χ3v) is 7.18. The summed E-state index contributed by atoms with van der Waals surface area (Å²) in [5, 5.41) is 2.99. The molecule has 1 saturated heterocycles. The molecule has 1 fully saturated rings. The van der Waals surface area contributed by atoms with Crippen LogP contribution in [0.4, 0.5) is 4.79 Å². The lowest BCUT2D eigenvalue weighted by atomic mass is 10.2. The van der Waals surface area contributed by atoms with E-state index in [2.05, 4.69) is 14.1 Å². The summed E-state index contributed by atoms with van der Waals surface area (Å²) < 4.78 is 35.6. The Kier molecular flexibility index (Phi) is 5.73. The first-order valence-electron chi connectivity index (χ1n) is 8.74. The van der Waals surface area contributed by atoms with E-state index in [1.165, 1.54) is 4.31 Å². The van der Waals surface area contributed by atoms with Gasteiger partial charge < -0.3 is 10.2 Å². The lowest BCUT2D eigenvalue weighted by Gasteiger charge is -2.34. The zero-order valence-corrected chi connectivity index (χ0v) is 16.5. The minimum absolute atomic E-state index is 0.124. The first-order chi connectivity index (χ1) is 12.5. The average molecular weight is 398 g/mol. The molecule has 1 aliphatic heterocycles. The quantitative estimate of drug-likeness (QED) is 0.831. The van der Waals surface area contributed by atoms with Gasteiger partial charge in [0.05, 0.1) is 11.7 Å². The molecule has 1 aliphatic rings. The number of nitrogens with one attached hydrogen (secondary N) is 1. The number of benzene rings is 1. The minimum Gasteiger partial charge on any atom is -0.335 e. The van der Waals surface area contributed by atoms with Crippen LogP contribution in [0, 0.1) is 0 Å². The molecule has 0 aliphatic carbocycles. The highest BCUT2D eigenvalue weighted by Crippen LogP contribution is 2.25. The molecule has 142 valence electrons. The van der Waals surface area contributed by atoms with Crippen molar-refractivity contribution in [2.24, 2.45) is 0 Å². The van der Waals surface area contributed by atoms with E-state index >= 15 is 0 Å². The number of hydrogen-bond donors (Lipinski definition) is 1. The van der Waals surface area contributed by atoms with Gasteiger partial charge in [0, 0.05) is 32.2 Å². The van der Waals surface area contributed by atoms with Crippen molar-refractivity contribution in [3.63, 3.8) is 0 Å². The predicted octanol–water partition coefficient (Wildman–Crippen LogP) is 1.90. The summed E-state index contributed by atoms with van der Waals surface area (Å²) >= 11 is 1.000. The van der Waals surface area contributed by atoms with Gasteiger partial charge in [0.2, 0.25) is 10.0 Å². The second kappa shape index (κ2) is 7.85. The largest absolute Gasteiger partial charge is 0.335 e. The third-order valence-electron chi connectivity index (χ3n) is 4.71. The lowest BCUT2D eigenvalue weighted by Crippen LogP contribution is -2.54. The van der Waals surface area contributed by atoms with Gasteiger partial charge in [0.25, 0.3) is 0 Å². The topological polar surface area (TPSA) is 95.5 Å². The summed E-state index contributed by atoms with van der Waals surface area (Å²) in [6.45, 7) is 5.35. The van der Waals surface area contributed by atoms with Gasteiger partial charge in [-0.05, 0) is 25.0 Å². The molecule has 0 radical (unpaired) electrons. The highest BCUT2D eigenvalue weighted by Gasteiger charge is 2.32. The maximum atomic E-state index is 13.0. The van der Waals surface area contributed by atoms with Crippen LogP contribution in [-0.4, -0.2) is 64.6 Å². The van der Waals surface area contributed by atoms with Crippen molar-refractivity contribution in [2.75, 3.05) is 26.2 Å². The third kappa shape index (κ3) is 3.67. The number of sulfonamides is 1. The van der Waals surface area contributed by atoms with Gasteiger partial charge in [-0.15, -0.1) is 0 Å². The summed E-state index contributed by atoms with van der Waals surface area (Å²) in [6.07, 6.45) is 1.75. The molecule has 0 atom stereocenters. The summed E-state index contributed by atoms with van der Waals surface area (Å²) in [7, 11) is -3.66. The van der Waals surface area contributed by atoms with Crippen LogP contribution in [0.5, 0.6) is 0 Å². The summed E-state index contributed by atoms with van der Waals surface area (Å²) in [5.41, 5.74) is 0.991. The normalized spacial score (nSPS) is 16.3. The molecule has 1 N–H and O–H groups in total. The molecule has 2 heterocycles. The first kappa shape index (κ1) is 19.0. The van der Waals surface area contributed by atoms with E-state index in [1.54, 1.807) is 23.1 Å². The van der Waals surface area contributed by atoms with E-state index in [4.69, 9.17) is 0 Å². The number of amides is 2. The monoisotopic (exact) mass is 397 g/mol. The lowest BCUT2D eigenvalue weighted by molar-refractivity contribution is 0.168. The number of carbonyl (C=O) groups excluding carboxylic acids is 1. The fourth-order valence-corrected chi connectivity index (χ4v) is 5.19. The summed E-state index contributed by atoms with van der Waals surface area (Å²) in [5.74, 6) is 0. The predicted molar refractivity (Wildman–Crippen MR) is 101 cm³/mol. The Labute approximate surface area is 157 Å². The molecule has 2 amide bonds. The zero-order valence-electron chi connectivity index (χ0n) is 14.9. The molecular formula is C16H23N5O3S2. The van der Waals surface area contributed by atoms with Crippen molar-refractivity contribution in [2.45, 2.75) is 37.6 Å². The maximum absolute atomic E-state index is 13.0. The van der Waals surface area contributed by atoms with Gasteiger partial charge in [-0.2, -0.15) is 13.1 Å². The van der Waals surface area contributed by atoms with E-state index in [9.17, 15) is 13.2 Å². The highest BCUT2D eigenvalue weighted by atomic mass is 32.2. The SMILES string of the molecule is CCC(CC)NC(=O)N1CCN(S(=O)(=O)c2cccc3nsnc23)CC1. The molecular weight excluding hydrogens is 374 g/mol. The van der Waals surface area contributed by atoms with Gasteiger partial charge in [0.1, 0.15) is 15.9 Å². The van der Waals surface area contributed by atoms with E-state index in [-0.39, 0.29) is 30.1 Å². The molecule has 0 spiro atoms. The number of hydrogen-bond acceptors (Lipinski definition) is 6. The van der Waals surface area contributed by atoms with Crippen molar-refractivity contribution in [3.8, 4) is 0 Å². The van der Waals surface area contributed by atoms with Crippen LogP contribution in [0.1, 0.15) is 26.7 Å². The molecule has 3 rings (SSSR count). The van der Waals surface area contributed by atoms with Gasteiger partial charge in [-0.1, -0.05) is 19.9 Å². The number of fused-ring (bicyclic) bond motifs is 1. The van der Waals surface area contributed by atoms with Crippen molar-refractivity contribution in [1.29, 1.82) is 0 Å². The van der Waals surface area contributed by atoms with Crippen LogP contribution in [-0.2, 0) is 10.0 Å². The summed E-state index contributed by atoms with van der Waals surface area (Å²) in [4.78, 5) is 14.2. The zero-order chi connectivity index (χ0) is 18.7. The molecule has 1 aromatic carbocycles. The standard InChI is InChI=1S/C16H23N5O3S2/c1-3-12(4-2)17-16(22)20-8-10-21(11-9-20)26(23,24)14-7-5-6-13-15(14)19-25-18-13/h5-7,12H,3-4,8-11H2,1-2H3,(H,17,22). The Morgan fingerprint density at radius 1 is 1.19 bits per heavy atom. The van der Waals surface area contributed by atoms with Gasteiger partial charge in [-0.25, -0.2) is 13.2 Å². The van der Waals surface area contributed by atoms with Crippen LogP contribution in [0.2, 0.25) is 0 Å². The van der Waals surface area contributed by atoms with Crippen molar-refractivity contribution in [1.82, 2.24) is 23.3 Å².